The number of likely N-dealkylation sites (N-methyl/N-ethyl adjacent to an activating group) is 1. The lowest BCUT2D eigenvalue weighted by Gasteiger charge is -2.37. The van der Waals surface area contributed by atoms with Crippen molar-refractivity contribution in [1.82, 2.24) is 10.2 Å². The summed E-state index contributed by atoms with van der Waals surface area (Å²) in [5, 5.41) is 5.90. The summed E-state index contributed by atoms with van der Waals surface area (Å²) in [6.07, 6.45) is 3.84. The number of piperidine rings is 1. The van der Waals surface area contributed by atoms with E-state index in [2.05, 4.69) is 41.6 Å². The van der Waals surface area contributed by atoms with Crippen LogP contribution in [0.2, 0.25) is 0 Å². The van der Waals surface area contributed by atoms with E-state index in [1.807, 2.05) is 11.3 Å². The maximum Gasteiger partial charge on any atom is 0.0198 e. The number of hydrogen-bond donors (Lipinski definition) is 1. The number of thiophene rings is 1. The first kappa shape index (κ1) is 14.0. The molecule has 0 saturated carbocycles. The maximum atomic E-state index is 3.71. The first-order chi connectivity index (χ1) is 8.81. The summed E-state index contributed by atoms with van der Waals surface area (Å²) in [7, 11) is 0. The van der Waals surface area contributed by atoms with Gasteiger partial charge in [0.05, 0.1) is 0 Å². The number of likely N-dealkylation sites (tertiary alicyclic amines) is 1. The highest BCUT2D eigenvalue weighted by molar-refractivity contribution is 7.09. The summed E-state index contributed by atoms with van der Waals surface area (Å²) in [4.78, 5) is 4.15. The molecule has 0 spiro atoms. The largest absolute Gasteiger partial charge is 0.313 e. The Balaban J connectivity index is 1.88. The van der Waals surface area contributed by atoms with Crippen LogP contribution in [-0.4, -0.2) is 37.1 Å². The molecule has 1 aliphatic heterocycles. The summed E-state index contributed by atoms with van der Waals surface area (Å²) in [6.45, 7) is 9.39. The van der Waals surface area contributed by atoms with E-state index in [4.69, 9.17) is 0 Å². The lowest BCUT2D eigenvalue weighted by molar-refractivity contribution is 0.147. The third-order valence-corrected chi connectivity index (χ3v) is 4.71. The van der Waals surface area contributed by atoms with E-state index in [-0.39, 0.29) is 0 Å². The fraction of sp³-hybridized carbons (Fsp3) is 0.733. The molecule has 0 aromatic carbocycles. The van der Waals surface area contributed by atoms with Gasteiger partial charge in [0.25, 0.3) is 0 Å². The van der Waals surface area contributed by atoms with Crippen LogP contribution in [0.3, 0.4) is 0 Å². The SMILES string of the molecule is CCCNC1CC(Cc2cccs2)CN(CC)C1. The summed E-state index contributed by atoms with van der Waals surface area (Å²) in [5.41, 5.74) is 0. The highest BCUT2D eigenvalue weighted by Crippen LogP contribution is 2.23. The molecule has 0 aliphatic carbocycles. The Morgan fingerprint density at radius 1 is 1.39 bits per heavy atom. The van der Waals surface area contributed by atoms with E-state index in [1.54, 1.807) is 4.88 Å². The predicted octanol–water partition coefficient (Wildman–Crippen LogP) is 3.00. The van der Waals surface area contributed by atoms with Gasteiger partial charge in [-0.15, -0.1) is 11.3 Å². The van der Waals surface area contributed by atoms with Gasteiger partial charge in [0.2, 0.25) is 0 Å². The van der Waals surface area contributed by atoms with Crippen molar-refractivity contribution in [2.45, 2.75) is 39.2 Å². The minimum absolute atomic E-state index is 0.698. The normalized spacial score (nSPS) is 25.4. The predicted molar refractivity (Wildman–Crippen MR) is 80.3 cm³/mol. The summed E-state index contributed by atoms with van der Waals surface area (Å²) in [5.74, 6) is 0.826. The first-order valence-electron chi connectivity index (χ1n) is 7.30. The van der Waals surface area contributed by atoms with Crippen molar-refractivity contribution in [3.05, 3.63) is 22.4 Å². The van der Waals surface area contributed by atoms with Crippen LogP contribution in [0.1, 0.15) is 31.6 Å². The highest BCUT2D eigenvalue weighted by Gasteiger charge is 2.26. The van der Waals surface area contributed by atoms with Crippen LogP contribution in [0.5, 0.6) is 0 Å². The van der Waals surface area contributed by atoms with Gasteiger partial charge < -0.3 is 10.2 Å². The van der Waals surface area contributed by atoms with E-state index < -0.39 is 0 Å². The Kier molecular flexibility index (Phi) is 5.67. The van der Waals surface area contributed by atoms with Crippen molar-refractivity contribution >= 4 is 11.3 Å². The van der Waals surface area contributed by atoms with Crippen LogP contribution in [0.15, 0.2) is 17.5 Å². The van der Waals surface area contributed by atoms with Crippen molar-refractivity contribution < 1.29 is 0 Å². The second kappa shape index (κ2) is 7.27. The minimum Gasteiger partial charge on any atom is -0.313 e. The summed E-state index contributed by atoms with van der Waals surface area (Å²) in [6, 6.07) is 5.15. The van der Waals surface area contributed by atoms with Crippen LogP contribution in [0.4, 0.5) is 0 Å². The fourth-order valence-electron chi connectivity index (χ4n) is 2.92. The van der Waals surface area contributed by atoms with E-state index in [0.29, 0.717) is 6.04 Å². The minimum atomic E-state index is 0.698. The Hall–Kier alpha value is -0.380. The lowest BCUT2D eigenvalue weighted by Crippen LogP contribution is -2.49. The zero-order valence-electron chi connectivity index (χ0n) is 11.7. The Morgan fingerprint density at radius 2 is 2.28 bits per heavy atom. The van der Waals surface area contributed by atoms with Crippen LogP contribution in [0, 0.1) is 5.92 Å². The average Bonchev–Trinajstić information content (AvgIpc) is 2.89. The van der Waals surface area contributed by atoms with Gasteiger partial charge in [-0.2, -0.15) is 0 Å². The second-order valence-corrected chi connectivity index (χ2v) is 6.42. The number of hydrogen-bond acceptors (Lipinski definition) is 3. The van der Waals surface area contributed by atoms with Crippen LogP contribution < -0.4 is 5.32 Å². The van der Waals surface area contributed by atoms with Crippen LogP contribution in [-0.2, 0) is 6.42 Å². The van der Waals surface area contributed by atoms with E-state index in [9.17, 15) is 0 Å². The van der Waals surface area contributed by atoms with E-state index >= 15 is 0 Å². The third kappa shape index (κ3) is 4.08. The Labute approximate surface area is 115 Å². The molecule has 18 heavy (non-hydrogen) atoms. The van der Waals surface area contributed by atoms with Gasteiger partial charge in [-0.1, -0.05) is 19.9 Å². The zero-order chi connectivity index (χ0) is 12.8. The Morgan fingerprint density at radius 3 is 2.94 bits per heavy atom. The molecule has 1 aromatic rings. The molecule has 1 aliphatic rings. The van der Waals surface area contributed by atoms with Crippen molar-refractivity contribution in [3.8, 4) is 0 Å². The van der Waals surface area contributed by atoms with Gasteiger partial charge in [0.15, 0.2) is 0 Å². The molecule has 1 fully saturated rings. The second-order valence-electron chi connectivity index (χ2n) is 5.39. The molecule has 2 nitrogen and oxygen atoms in total. The van der Waals surface area contributed by atoms with Crippen molar-refractivity contribution in [3.63, 3.8) is 0 Å². The van der Waals surface area contributed by atoms with Gasteiger partial charge in [-0.05, 0) is 49.7 Å². The topological polar surface area (TPSA) is 15.3 Å². The summed E-state index contributed by atoms with van der Waals surface area (Å²) < 4.78 is 0. The molecule has 1 N–H and O–H groups in total. The van der Waals surface area contributed by atoms with E-state index in [0.717, 1.165) is 12.5 Å². The molecule has 1 saturated heterocycles. The zero-order valence-corrected chi connectivity index (χ0v) is 12.5. The molecule has 2 rings (SSSR count). The number of nitrogens with one attached hydrogen (secondary N) is 1. The molecule has 3 heteroatoms. The quantitative estimate of drug-likeness (QED) is 0.851. The molecule has 2 heterocycles. The maximum absolute atomic E-state index is 3.71. The molecule has 2 unspecified atom stereocenters. The van der Waals surface area contributed by atoms with Gasteiger partial charge >= 0.3 is 0 Å². The number of rotatable bonds is 6. The molecule has 0 amide bonds. The van der Waals surface area contributed by atoms with Gasteiger partial charge in [-0.25, -0.2) is 0 Å². The van der Waals surface area contributed by atoms with Crippen molar-refractivity contribution in [1.29, 1.82) is 0 Å². The van der Waals surface area contributed by atoms with Gasteiger partial charge in [0.1, 0.15) is 0 Å². The molecule has 0 radical (unpaired) electrons. The molecule has 1 aromatic heterocycles. The summed E-state index contributed by atoms with van der Waals surface area (Å²) >= 11 is 1.91. The van der Waals surface area contributed by atoms with E-state index in [1.165, 1.54) is 38.9 Å². The van der Waals surface area contributed by atoms with Crippen molar-refractivity contribution in [2.24, 2.45) is 5.92 Å². The fourth-order valence-corrected chi connectivity index (χ4v) is 3.74. The number of nitrogens with zero attached hydrogens (tertiary/aromatic N) is 1. The molecule has 2 atom stereocenters. The molecule has 102 valence electrons. The van der Waals surface area contributed by atoms with Crippen LogP contribution in [0.25, 0.3) is 0 Å². The van der Waals surface area contributed by atoms with Crippen LogP contribution >= 0.6 is 11.3 Å². The lowest BCUT2D eigenvalue weighted by atomic mass is 9.91. The highest BCUT2D eigenvalue weighted by atomic mass is 32.1. The smallest absolute Gasteiger partial charge is 0.0198 e. The third-order valence-electron chi connectivity index (χ3n) is 3.81. The van der Waals surface area contributed by atoms with Crippen molar-refractivity contribution in [2.75, 3.05) is 26.2 Å². The Bertz CT molecular complexity index is 323. The molecule has 0 bridgehead atoms. The monoisotopic (exact) mass is 266 g/mol. The standard InChI is InChI=1S/C15H26N2S/c1-3-7-16-14-9-13(11-17(4-2)12-14)10-15-6-5-8-18-15/h5-6,8,13-14,16H,3-4,7,9-12H2,1-2H3. The van der Waals surface area contributed by atoms with Gasteiger partial charge in [0, 0.05) is 24.0 Å². The first-order valence-corrected chi connectivity index (χ1v) is 8.17. The van der Waals surface area contributed by atoms with Gasteiger partial charge in [-0.3, -0.25) is 0 Å². The average molecular weight is 266 g/mol. The molecular formula is C15H26N2S. The molecular weight excluding hydrogens is 240 g/mol.